The van der Waals surface area contributed by atoms with Crippen LogP contribution >= 0.6 is 0 Å². The molecule has 0 fully saturated rings. The van der Waals surface area contributed by atoms with Crippen LogP contribution in [-0.4, -0.2) is 0 Å². The average molecular weight is 297 g/mol. The third-order valence-electron chi connectivity index (χ3n) is 3.36. The largest absolute Gasteiger partial charge is 0.354 e. The van der Waals surface area contributed by atoms with Crippen molar-refractivity contribution >= 4 is 0 Å². The standard InChI is InChI=1S/C20H24FN/c1-6-10-19-15(3)11-8-9-12-20(21)17(5)22-16(4)13-14-18(19)7-2/h6-10,12-15,22H,2,4-5,11H2,1,3H3/b9-8-,10-6-,14-13?,19-18?,20-12+. The number of allylic oxidation sites excluding steroid dienone is 11. The zero-order valence-electron chi connectivity index (χ0n) is 13.4. The van der Waals surface area contributed by atoms with E-state index >= 15 is 0 Å². The highest BCUT2D eigenvalue weighted by molar-refractivity contribution is 5.43. The lowest BCUT2D eigenvalue weighted by Gasteiger charge is -2.14. The Morgan fingerprint density at radius 1 is 1.32 bits per heavy atom. The maximum Gasteiger partial charge on any atom is 0.146 e. The number of hydrogen-bond acceptors (Lipinski definition) is 1. The SMILES string of the molecule is C=CC1=C(/C=C\C)C(C)C/C=C\C=C(\F)C(=C)NC(=C)C=C1. The lowest BCUT2D eigenvalue weighted by atomic mass is 9.92. The Balaban J connectivity index is 3.30. The molecular formula is C20H24FN. The van der Waals surface area contributed by atoms with Crippen molar-refractivity contribution in [1.29, 1.82) is 0 Å². The van der Waals surface area contributed by atoms with Gasteiger partial charge >= 0.3 is 0 Å². The fourth-order valence-electron chi connectivity index (χ4n) is 2.16. The fraction of sp³-hybridized carbons (Fsp3) is 0.200. The number of halogens is 1. The summed E-state index contributed by atoms with van der Waals surface area (Å²) >= 11 is 0. The van der Waals surface area contributed by atoms with E-state index in [1.807, 2.05) is 31.2 Å². The molecule has 1 heterocycles. The molecule has 0 aromatic rings. The fourth-order valence-corrected chi connectivity index (χ4v) is 2.16. The van der Waals surface area contributed by atoms with E-state index in [4.69, 9.17) is 0 Å². The number of nitrogens with one attached hydrogen (secondary N) is 1. The van der Waals surface area contributed by atoms with Crippen LogP contribution in [0.1, 0.15) is 20.3 Å². The Bertz CT molecular complexity index is 597. The molecule has 1 nitrogen and oxygen atoms in total. The summed E-state index contributed by atoms with van der Waals surface area (Å²) in [4.78, 5) is 0. The first-order valence-corrected chi connectivity index (χ1v) is 7.34. The van der Waals surface area contributed by atoms with E-state index in [1.165, 1.54) is 11.6 Å². The minimum absolute atomic E-state index is 0.199. The van der Waals surface area contributed by atoms with E-state index in [2.05, 4.69) is 38.1 Å². The van der Waals surface area contributed by atoms with Crippen LogP contribution in [0.3, 0.4) is 0 Å². The van der Waals surface area contributed by atoms with Crippen molar-refractivity contribution < 1.29 is 4.39 Å². The summed E-state index contributed by atoms with van der Waals surface area (Å²) in [6.45, 7) is 15.6. The van der Waals surface area contributed by atoms with Crippen LogP contribution in [0.2, 0.25) is 0 Å². The monoisotopic (exact) mass is 297 g/mol. The van der Waals surface area contributed by atoms with Crippen molar-refractivity contribution in [3.8, 4) is 0 Å². The van der Waals surface area contributed by atoms with Gasteiger partial charge in [-0.25, -0.2) is 4.39 Å². The van der Waals surface area contributed by atoms with Crippen LogP contribution in [0.25, 0.3) is 0 Å². The number of hydrogen-bond donors (Lipinski definition) is 1. The molecule has 0 bridgehead atoms. The highest BCUT2D eigenvalue weighted by Crippen LogP contribution is 2.23. The predicted octanol–water partition coefficient (Wildman–Crippen LogP) is 5.67. The Hall–Kier alpha value is -2.35. The molecule has 1 aliphatic heterocycles. The Morgan fingerprint density at radius 3 is 2.68 bits per heavy atom. The van der Waals surface area contributed by atoms with Gasteiger partial charge in [0, 0.05) is 5.70 Å². The number of rotatable bonds is 2. The van der Waals surface area contributed by atoms with E-state index in [1.54, 1.807) is 12.2 Å². The molecule has 0 amide bonds. The van der Waals surface area contributed by atoms with E-state index < -0.39 is 5.83 Å². The van der Waals surface area contributed by atoms with Gasteiger partial charge in [0.05, 0.1) is 5.70 Å². The van der Waals surface area contributed by atoms with Crippen LogP contribution in [-0.2, 0) is 0 Å². The van der Waals surface area contributed by atoms with Gasteiger partial charge in [-0.2, -0.15) is 0 Å². The molecule has 1 rings (SSSR count). The molecule has 1 atom stereocenters. The summed E-state index contributed by atoms with van der Waals surface area (Å²) in [6, 6.07) is 0. The molecule has 1 N–H and O–H groups in total. The minimum atomic E-state index is -0.400. The second kappa shape index (κ2) is 8.83. The molecular weight excluding hydrogens is 273 g/mol. The third kappa shape index (κ3) is 5.21. The van der Waals surface area contributed by atoms with Crippen molar-refractivity contribution in [3.05, 3.63) is 96.7 Å². The van der Waals surface area contributed by atoms with Gasteiger partial charge in [-0.05, 0) is 42.6 Å². The maximum atomic E-state index is 13.8. The van der Waals surface area contributed by atoms with Crippen LogP contribution in [0.5, 0.6) is 0 Å². The van der Waals surface area contributed by atoms with Crippen molar-refractivity contribution in [2.24, 2.45) is 5.92 Å². The molecule has 0 spiro atoms. The van der Waals surface area contributed by atoms with E-state index in [9.17, 15) is 4.39 Å². The molecule has 0 aliphatic carbocycles. The Labute approximate surface area is 133 Å². The van der Waals surface area contributed by atoms with E-state index in [0.29, 0.717) is 11.6 Å². The quantitative estimate of drug-likeness (QED) is 0.692. The molecule has 22 heavy (non-hydrogen) atoms. The topological polar surface area (TPSA) is 12.0 Å². The van der Waals surface area contributed by atoms with Crippen molar-refractivity contribution in [2.75, 3.05) is 0 Å². The van der Waals surface area contributed by atoms with Gasteiger partial charge in [-0.3, -0.25) is 0 Å². The normalized spacial score (nSPS) is 24.9. The van der Waals surface area contributed by atoms with Gasteiger partial charge in [0.2, 0.25) is 0 Å². The van der Waals surface area contributed by atoms with Crippen molar-refractivity contribution in [2.45, 2.75) is 20.3 Å². The lowest BCUT2D eigenvalue weighted by Crippen LogP contribution is -2.09. The van der Waals surface area contributed by atoms with Gasteiger partial charge in [0.15, 0.2) is 0 Å². The first-order valence-electron chi connectivity index (χ1n) is 7.34. The molecule has 116 valence electrons. The molecule has 0 aromatic carbocycles. The van der Waals surface area contributed by atoms with Gasteiger partial charge in [0.1, 0.15) is 5.83 Å². The Kier molecular flexibility index (Phi) is 7.11. The van der Waals surface area contributed by atoms with Crippen molar-refractivity contribution in [3.63, 3.8) is 0 Å². The highest BCUT2D eigenvalue weighted by Gasteiger charge is 2.08. The maximum absolute atomic E-state index is 13.8. The molecule has 2 heteroatoms. The summed E-state index contributed by atoms with van der Waals surface area (Å²) in [7, 11) is 0. The van der Waals surface area contributed by atoms with Crippen molar-refractivity contribution in [1.82, 2.24) is 5.32 Å². The van der Waals surface area contributed by atoms with Gasteiger partial charge in [-0.15, -0.1) is 0 Å². The summed E-state index contributed by atoms with van der Waals surface area (Å²) in [6.07, 6.45) is 15.6. The average Bonchev–Trinajstić information content (AvgIpc) is 2.50. The van der Waals surface area contributed by atoms with Gasteiger partial charge in [0.25, 0.3) is 0 Å². The summed E-state index contributed by atoms with van der Waals surface area (Å²) in [5, 5.41) is 2.84. The third-order valence-corrected chi connectivity index (χ3v) is 3.36. The van der Waals surface area contributed by atoms with Crippen LogP contribution in [0.4, 0.5) is 4.39 Å². The van der Waals surface area contributed by atoms with E-state index in [0.717, 1.165) is 12.0 Å². The molecule has 1 aliphatic rings. The zero-order valence-corrected chi connectivity index (χ0v) is 13.4. The van der Waals surface area contributed by atoms with Crippen LogP contribution < -0.4 is 5.32 Å². The second-order valence-electron chi connectivity index (χ2n) is 5.16. The van der Waals surface area contributed by atoms with E-state index in [-0.39, 0.29) is 5.70 Å². The second-order valence-corrected chi connectivity index (χ2v) is 5.16. The molecule has 0 saturated carbocycles. The molecule has 0 radical (unpaired) electrons. The Morgan fingerprint density at radius 2 is 2.05 bits per heavy atom. The minimum Gasteiger partial charge on any atom is -0.354 e. The smallest absolute Gasteiger partial charge is 0.146 e. The van der Waals surface area contributed by atoms with Crippen LogP contribution in [0.15, 0.2) is 96.7 Å². The molecule has 0 aromatic heterocycles. The van der Waals surface area contributed by atoms with Gasteiger partial charge in [-0.1, -0.05) is 63.1 Å². The summed E-state index contributed by atoms with van der Waals surface area (Å²) in [5.41, 5.74) is 2.99. The first kappa shape index (κ1) is 17.7. The molecule has 1 unspecified atom stereocenters. The predicted molar refractivity (Wildman–Crippen MR) is 94.7 cm³/mol. The van der Waals surface area contributed by atoms with Gasteiger partial charge < -0.3 is 5.32 Å². The van der Waals surface area contributed by atoms with Crippen LogP contribution in [0, 0.1) is 5.92 Å². The first-order chi connectivity index (χ1) is 10.5. The lowest BCUT2D eigenvalue weighted by molar-refractivity contribution is 0.637. The zero-order chi connectivity index (χ0) is 16.5. The summed E-state index contributed by atoms with van der Waals surface area (Å²) in [5.74, 6) is -0.102. The summed E-state index contributed by atoms with van der Waals surface area (Å²) < 4.78 is 13.8. The highest BCUT2D eigenvalue weighted by atomic mass is 19.1. The molecule has 0 saturated heterocycles.